The number of thiocarbonyl (C=S) groups is 1. The molecule has 0 spiro atoms. The van der Waals surface area contributed by atoms with E-state index in [0.29, 0.717) is 11.7 Å². The molecule has 0 heterocycles. The van der Waals surface area contributed by atoms with E-state index in [1.807, 2.05) is 31.2 Å². The lowest BCUT2D eigenvalue weighted by molar-refractivity contribution is 0.337. The van der Waals surface area contributed by atoms with Crippen LogP contribution in [0.5, 0.6) is 0 Å². The molecule has 0 saturated heterocycles. The van der Waals surface area contributed by atoms with Gasteiger partial charge in [-0.3, -0.25) is 0 Å². The molecule has 0 aromatic heterocycles. The smallest absolute Gasteiger partial charge is 0.191 e. The van der Waals surface area contributed by atoms with Gasteiger partial charge in [-0.2, -0.15) is 0 Å². The lowest BCUT2D eigenvalue weighted by Crippen LogP contribution is -2.02. The zero-order valence-electron chi connectivity index (χ0n) is 7.42. The highest BCUT2D eigenvalue weighted by atomic mass is 79.9. The largest absolute Gasteiger partial charge is 0.483 e. The van der Waals surface area contributed by atoms with Gasteiger partial charge in [0.25, 0.3) is 0 Å². The summed E-state index contributed by atoms with van der Waals surface area (Å²) >= 11 is 8.45. The molecule has 1 rings (SSSR count). The van der Waals surface area contributed by atoms with Gasteiger partial charge in [-0.1, -0.05) is 40.2 Å². The van der Waals surface area contributed by atoms with E-state index >= 15 is 0 Å². The number of ether oxygens (including phenoxy) is 1. The minimum absolute atomic E-state index is 0.573. The Bertz CT molecular complexity index is 281. The van der Waals surface area contributed by atoms with E-state index in [2.05, 4.69) is 15.9 Å². The van der Waals surface area contributed by atoms with Crippen LogP contribution in [-0.2, 0) is 10.1 Å². The molecule has 0 radical (unpaired) electrons. The zero-order chi connectivity index (χ0) is 9.68. The minimum atomic E-state index is 0.573. The minimum Gasteiger partial charge on any atom is -0.483 e. The van der Waals surface area contributed by atoms with Gasteiger partial charge >= 0.3 is 0 Å². The zero-order valence-corrected chi connectivity index (χ0v) is 9.82. The van der Waals surface area contributed by atoms with Gasteiger partial charge in [0.15, 0.2) is 5.05 Å². The summed E-state index contributed by atoms with van der Waals surface area (Å²) in [4.78, 5) is 0. The molecule has 0 unspecified atom stereocenters. The summed E-state index contributed by atoms with van der Waals surface area (Å²) in [6.45, 7) is 2.55. The molecule has 0 atom stereocenters. The normalized spacial score (nSPS) is 9.69. The number of rotatable bonds is 3. The van der Waals surface area contributed by atoms with Crippen molar-refractivity contribution in [3.8, 4) is 0 Å². The first kappa shape index (κ1) is 10.7. The first-order valence-electron chi connectivity index (χ1n) is 4.10. The van der Waals surface area contributed by atoms with E-state index < -0.39 is 0 Å². The number of alkyl halides is 1. The summed E-state index contributed by atoms with van der Waals surface area (Å²) in [5.74, 6) is 0. The van der Waals surface area contributed by atoms with Gasteiger partial charge < -0.3 is 4.74 Å². The Morgan fingerprint density at radius 1 is 1.38 bits per heavy atom. The van der Waals surface area contributed by atoms with Crippen molar-refractivity contribution in [2.24, 2.45) is 0 Å². The van der Waals surface area contributed by atoms with E-state index in [1.54, 1.807) is 0 Å². The lowest BCUT2D eigenvalue weighted by atomic mass is 10.2. The molecule has 0 bridgehead atoms. The van der Waals surface area contributed by atoms with Crippen molar-refractivity contribution in [1.29, 1.82) is 0 Å². The van der Waals surface area contributed by atoms with E-state index in [1.165, 1.54) is 5.56 Å². The number of benzene rings is 1. The maximum absolute atomic E-state index is 5.22. The molecular formula is C10H11BrOS. The van der Waals surface area contributed by atoms with Gasteiger partial charge in [-0.05, 0) is 24.7 Å². The molecule has 0 fully saturated rings. The molecule has 1 aromatic carbocycles. The highest BCUT2D eigenvalue weighted by molar-refractivity contribution is 9.08. The van der Waals surface area contributed by atoms with Gasteiger partial charge in [0.1, 0.15) is 0 Å². The first-order chi connectivity index (χ1) is 6.27. The van der Waals surface area contributed by atoms with Crippen LogP contribution in [0.25, 0.3) is 0 Å². The van der Waals surface area contributed by atoms with E-state index in [-0.39, 0.29) is 0 Å². The third-order valence-corrected chi connectivity index (χ3v) is 2.62. The molecule has 0 aliphatic rings. The van der Waals surface area contributed by atoms with Crippen LogP contribution in [0.2, 0.25) is 0 Å². The summed E-state index contributed by atoms with van der Waals surface area (Å²) in [5.41, 5.74) is 2.21. The van der Waals surface area contributed by atoms with Crippen LogP contribution >= 0.6 is 28.1 Å². The van der Waals surface area contributed by atoms with Crippen LogP contribution < -0.4 is 0 Å². The van der Waals surface area contributed by atoms with E-state index in [0.717, 1.165) is 10.9 Å². The summed E-state index contributed by atoms with van der Waals surface area (Å²) in [6, 6.07) is 8.04. The molecule has 70 valence electrons. The number of hydrogen-bond acceptors (Lipinski definition) is 2. The van der Waals surface area contributed by atoms with Crippen LogP contribution in [-0.4, -0.2) is 11.7 Å². The van der Waals surface area contributed by atoms with Gasteiger partial charge in [0, 0.05) is 10.9 Å². The highest BCUT2D eigenvalue weighted by Gasteiger charge is 2.00. The van der Waals surface area contributed by atoms with E-state index in [4.69, 9.17) is 17.0 Å². The summed E-state index contributed by atoms with van der Waals surface area (Å²) in [7, 11) is 0. The van der Waals surface area contributed by atoms with Gasteiger partial charge in [0.05, 0.1) is 6.61 Å². The molecule has 13 heavy (non-hydrogen) atoms. The number of hydrogen-bond donors (Lipinski definition) is 0. The molecule has 1 nitrogen and oxygen atoms in total. The predicted octanol–water partition coefficient (Wildman–Crippen LogP) is 3.29. The quantitative estimate of drug-likeness (QED) is 0.608. The Morgan fingerprint density at radius 2 is 2.00 bits per heavy atom. The van der Waals surface area contributed by atoms with Gasteiger partial charge in [-0.15, -0.1) is 0 Å². The van der Waals surface area contributed by atoms with Crippen molar-refractivity contribution in [2.75, 3.05) is 6.61 Å². The molecule has 0 aliphatic carbocycles. The van der Waals surface area contributed by atoms with Crippen LogP contribution in [0.4, 0.5) is 0 Å². The predicted molar refractivity (Wildman–Crippen MR) is 62.4 cm³/mol. The van der Waals surface area contributed by atoms with Crippen molar-refractivity contribution in [1.82, 2.24) is 0 Å². The summed E-state index contributed by atoms with van der Waals surface area (Å²) in [6.07, 6.45) is 0. The first-order valence-corrected chi connectivity index (χ1v) is 5.63. The molecule has 0 aliphatic heterocycles. The fraction of sp³-hybridized carbons (Fsp3) is 0.300. The lowest BCUT2D eigenvalue weighted by Gasteiger charge is -2.04. The SMILES string of the molecule is CCOC(=S)c1ccc(CBr)cc1. The fourth-order valence-corrected chi connectivity index (χ4v) is 1.57. The second-order valence-corrected chi connectivity index (χ2v) is 3.48. The standard InChI is InChI=1S/C10H11BrOS/c1-2-12-10(13)9-5-3-8(7-11)4-6-9/h3-6H,2,7H2,1H3. The Hall–Kier alpha value is -0.410. The monoisotopic (exact) mass is 258 g/mol. The van der Waals surface area contributed by atoms with Crippen molar-refractivity contribution in [3.63, 3.8) is 0 Å². The van der Waals surface area contributed by atoms with Crippen molar-refractivity contribution < 1.29 is 4.74 Å². The van der Waals surface area contributed by atoms with Gasteiger partial charge in [-0.25, -0.2) is 0 Å². The van der Waals surface area contributed by atoms with Crippen LogP contribution in [0.3, 0.4) is 0 Å². The Balaban J connectivity index is 2.74. The van der Waals surface area contributed by atoms with Gasteiger partial charge in [0.2, 0.25) is 0 Å². The third-order valence-electron chi connectivity index (χ3n) is 1.62. The number of halogens is 1. The maximum atomic E-state index is 5.22. The Labute approximate surface area is 92.2 Å². The highest BCUT2D eigenvalue weighted by Crippen LogP contribution is 2.09. The van der Waals surface area contributed by atoms with E-state index in [9.17, 15) is 0 Å². The summed E-state index contributed by atoms with van der Waals surface area (Å²) < 4.78 is 5.22. The Morgan fingerprint density at radius 3 is 2.46 bits per heavy atom. The van der Waals surface area contributed by atoms with Crippen LogP contribution in [0, 0.1) is 0 Å². The van der Waals surface area contributed by atoms with Crippen LogP contribution in [0.1, 0.15) is 18.1 Å². The molecule has 0 amide bonds. The average molecular weight is 259 g/mol. The molecular weight excluding hydrogens is 248 g/mol. The topological polar surface area (TPSA) is 9.23 Å². The second kappa shape index (κ2) is 5.35. The second-order valence-electron chi connectivity index (χ2n) is 2.55. The van der Waals surface area contributed by atoms with Crippen molar-refractivity contribution in [3.05, 3.63) is 35.4 Å². The fourth-order valence-electron chi connectivity index (χ4n) is 0.944. The van der Waals surface area contributed by atoms with Crippen LogP contribution in [0.15, 0.2) is 24.3 Å². The molecule has 0 saturated carbocycles. The maximum Gasteiger partial charge on any atom is 0.191 e. The average Bonchev–Trinajstić information content (AvgIpc) is 2.18. The molecule has 1 aromatic rings. The molecule has 0 N–H and O–H groups in total. The van der Waals surface area contributed by atoms with Crippen molar-refractivity contribution in [2.45, 2.75) is 12.3 Å². The summed E-state index contributed by atoms with van der Waals surface area (Å²) in [5, 5.41) is 1.44. The third kappa shape index (κ3) is 3.08. The molecule has 3 heteroatoms. The Kier molecular flexibility index (Phi) is 4.39. The van der Waals surface area contributed by atoms with Crippen molar-refractivity contribution >= 4 is 33.2 Å².